The first kappa shape index (κ1) is 29.4. The van der Waals surface area contributed by atoms with Crippen LogP contribution in [0.15, 0.2) is 55.0 Å². The standard InChI is InChI=1S/C28H25F3N8O4S/c29-28(30,31)18-5-8-34-20(13-18)36-25(40)17-3-1-16(2-4-17)21-22-23(33)35-9-10-39(22)24(37-21)19-14-38(11-12-44(19,42)43)26(41)27(15-32)6-7-27/h1-5,8-10,13,19,42-43H,6-7,11-12,14H2,(H2,33,35)(H,34,36,40). The molecule has 1 aromatic carbocycles. The molecular formula is C28H25F3N8O4S. The second-order valence-corrected chi connectivity index (χ2v) is 13.1. The van der Waals surface area contributed by atoms with Gasteiger partial charge in [-0.25, -0.2) is 15.0 Å². The van der Waals surface area contributed by atoms with E-state index in [-0.39, 0.29) is 47.8 Å². The van der Waals surface area contributed by atoms with Crippen molar-refractivity contribution in [1.29, 1.82) is 5.26 Å². The minimum Gasteiger partial charge on any atom is -0.382 e. The molecule has 0 bridgehead atoms. The molecule has 2 fully saturated rings. The smallest absolute Gasteiger partial charge is 0.382 e. The van der Waals surface area contributed by atoms with Gasteiger partial charge in [0.15, 0.2) is 0 Å². The predicted molar refractivity (Wildman–Crippen MR) is 154 cm³/mol. The van der Waals surface area contributed by atoms with Crippen molar-refractivity contribution in [2.24, 2.45) is 5.41 Å². The SMILES string of the molecule is N#CC1(C(=O)N2CCS(O)(O)C(c3nc(-c4ccc(C(=O)Nc5cc(C(F)(F)F)ccn5)cc4)c4c(N)nccn34)C2)CC1. The number of hydrogen-bond acceptors (Lipinski definition) is 9. The minimum atomic E-state index is -4.60. The lowest BCUT2D eigenvalue weighted by atomic mass is 10.1. The highest BCUT2D eigenvalue weighted by Gasteiger charge is 2.54. The molecule has 1 aliphatic heterocycles. The number of nitrogens with zero attached hydrogens (tertiary/aromatic N) is 6. The van der Waals surface area contributed by atoms with Crippen LogP contribution < -0.4 is 11.1 Å². The summed E-state index contributed by atoms with van der Waals surface area (Å²) < 4.78 is 62.9. The molecule has 12 nitrogen and oxygen atoms in total. The van der Waals surface area contributed by atoms with Crippen LogP contribution in [0.2, 0.25) is 0 Å². The lowest BCUT2D eigenvalue weighted by Gasteiger charge is -2.47. The summed E-state index contributed by atoms with van der Waals surface area (Å²) in [5.74, 6) is -1.04. The Bertz CT molecular complexity index is 1830. The molecular weight excluding hydrogens is 601 g/mol. The molecule has 2 aliphatic rings. The van der Waals surface area contributed by atoms with Gasteiger partial charge in [-0.2, -0.15) is 29.0 Å². The number of anilines is 2. The number of rotatable bonds is 5. The van der Waals surface area contributed by atoms with Crippen LogP contribution in [0.5, 0.6) is 0 Å². The maximum absolute atomic E-state index is 13.1. The molecule has 2 amide bonds. The Morgan fingerprint density at radius 1 is 1.14 bits per heavy atom. The minimum absolute atomic E-state index is 0.0614. The van der Waals surface area contributed by atoms with E-state index < -0.39 is 38.9 Å². The summed E-state index contributed by atoms with van der Waals surface area (Å²) in [7, 11) is -3.26. The quantitative estimate of drug-likeness (QED) is 0.246. The zero-order valence-corrected chi connectivity index (χ0v) is 23.6. The first-order chi connectivity index (χ1) is 20.8. The van der Waals surface area contributed by atoms with E-state index in [2.05, 4.69) is 21.4 Å². The van der Waals surface area contributed by atoms with E-state index in [4.69, 9.17) is 10.7 Å². The summed E-state index contributed by atoms with van der Waals surface area (Å²) >= 11 is 0. The number of carbonyl (C=O) groups is 2. The number of nitrogens with one attached hydrogen (secondary N) is 1. The fourth-order valence-electron chi connectivity index (χ4n) is 5.19. The number of imidazole rings is 1. The van der Waals surface area contributed by atoms with Crippen LogP contribution in [0.3, 0.4) is 0 Å². The summed E-state index contributed by atoms with van der Waals surface area (Å²) in [5, 5.41) is 10.9. The Morgan fingerprint density at radius 2 is 1.86 bits per heavy atom. The summed E-state index contributed by atoms with van der Waals surface area (Å²) in [4.78, 5) is 40.0. The summed E-state index contributed by atoms with van der Waals surface area (Å²) in [5.41, 5.74) is 5.52. The van der Waals surface area contributed by atoms with Crippen molar-refractivity contribution in [3.05, 3.63) is 71.9 Å². The van der Waals surface area contributed by atoms with Crippen molar-refractivity contribution in [3.63, 3.8) is 0 Å². The van der Waals surface area contributed by atoms with Crippen LogP contribution in [-0.2, 0) is 11.0 Å². The van der Waals surface area contributed by atoms with E-state index >= 15 is 0 Å². The molecule has 0 spiro atoms. The number of fused-ring (bicyclic) bond motifs is 1. The topological polar surface area (TPSA) is 183 Å². The number of nitrogen functional groups attached to an aromatic ring is 1. The van der Waals surface area contributed by atoms with Crippen molar-refractivity contribution < 1.29 is 31.9 Å². The predicted octanol–water partition coefficient (Wildman–Crippen LogP) is 4.58. The van der Waals surface area contributed by atoms with Crippen molar-refractivity contribution in [3.8, 4) is 17.3 Å². The number of aromatic nitrogens is 4. The Balaban J connectivity index is 1.31. The lowest BCUT2D eigenvalue weighted by molar-refractivity contribution is -0.137. The van der Waals surface area contributed by atoms with E-state index in [1.807, 2.05) is 0 Å². The van der Waals surface area contributed by atoms with Crippen LogP contribution in [0.25, 0.3) is 16.8 Å². The molecule has 4 aromatic rings. The summed E-state index contributed by atoms with van der Waals surface area (Å²) in [6.07, 6.45) is 0.271. The third-order valence-corrected chi connectivity index (χ3v) is 9.87. The average molecular weight is 627 g/mol. The maximum Gasteiger partial charge on any atom is 0.416 e. The van der Waals surface area contributed by atoms with E-state index in [0.29, 0.717) is 29.6 Å². The average Bonchev–Trinajstić information content (AvgIpc) is 3.70. The van der Waals surface area contributed by atoms with Gasteiger partial charge in [-0.1, -0.05) is 12.1 Å². The zero-order valence-electron chi connectivity index (χ0n) is 22.8. The molecule has 6 rings (SSSR count). The van der Waals surface area contributed by atoms with Gasteiger partial charge in [0.25, 0.3) is 5.91 Å². The van der Waals surface area contributed by atoms with Gasteiger partial charge in [-0.3, -0.25) is 23.1 Å². The molecule has 4 heterocycles. The molecule has 1 unspecified atom stereocenters. The van der Waals surface area contributed by atoms with Gasteiger partial charge in [0.1, 0.15) is 39.3 Å². The molecule has 44 heavy (non-hydrogen) atoms. The number of amides is 2. The van der Waals surface area contributed by atoms with Gasteiger partial charge in [0.2, 0.25) is 5.91 Å². The molecule has 16 heteroatoms. The van der Waals surface area contributed by atoms with Crippen molar-refractivity contribution in [2.45, 2.75) is 24.3 Å². The molecule has 1 saturated heterocycles. The lowest BCUT2D eigenvalue weighted by Crippen LogP contribution is -2.46. The van der Waals surface area contributed by atoms with Gasteiger partial charge >= 0.3 is 6.18 Å². The van der Waals surface area contributed by atoms with Crippen molar-refractivity contribution in [1.82, 2.24) is 24.3 Å². The Kier molecular flexibility index (Phi) is 6.99. The van der Waals surface area contributed by atoms with Gasteiger partial charge in [-0.05, 0) is 37.1 Å². The zero-order chi connectivity index (χ0) is 31.4. The van der Waals surface area contributed by atoms with Crippen LogP contribution in [0.1, 0.15) is 39.8 Å². The van der Waals surface area contributed by atoms with Crippen molar-refractivity contribution >= 4 is 39.6 Å². The Labute approximate surface area is 249 Å². The number of nitrogens with two attached hydrogens (primary N) is 1. The fourth-order valence-corrected chi connectivity index (χ4v) is 6.89. The summed E-state index contributed by atoms with van der Waals surface area (Å²) in [6, 6.07) is 9.63. The first-order valence-corrected chi connectivity index (χ1v) is 15.1. The van der Waals surface area contributed by atoms with E-state index in [0.717, 1.165) is 18.3 Å². The highest BCUT2D eigenvalue weighted by atomic mass is 32.3. The number of carbonyl (C=O) groups excluding carboxylic acids is 2. The largest absolute Gasteiger partial charge is 0.416 e. The van der Waals surface area contributed by atoms with Gasteiger partial charge < -0.3 is 16.0 Å². The normalized spacial score (nSPS) is 19.6. The molecule has 1 saturated carbocycles. The van der Waals surface area contributed by atoms with E-state index in [9.17, 15) is 37.1 Å². The van der Waals surface area contributed by atoms with Crippen LogP contribution in [0, 0.1) is 16.7 Å². The third kappa shape index (κ3) is 5.19. The van der Waals surface area contributed by atoms with Gasteiger partial charge in [-0.15, -0.1) is 0 Å². The number of hydrogen-bond donors (Lipinski definition) is 4. The third-order valence-electron chi connectivity index (χ3n) is 7.81. The Hall–Kier alpha value is -4.72. The second-order valence-electron chi connectivity index (χ2n) is 10.7. The molecule has 1 atom stereocenters. The molecule has 1 aliphatic carbocycles. The number of benzene rings is 1. The van der Waals surface area contributed by atoms with Gasteiger partial charge in [0.05, 0.1) is 17.4 Å². The molecule has 228 valence electrons. The molecule has 5 N–H and O–H groups in total. The monoisotopic (exact) mass is 626 g/mol. The first-order valence-electron chi connectivity index (χ1n) is 13.4. The number of nitriles is 1. The van der Waals surface area contributed by atoms with Gasteiger partial charge in [0, 0.05) is 42.8 Å². The van der Waals surface area contributed by atoms with E-state index in [1.54, 1.807) is 22.7 Å². The van der Waals surface area contributed by atoms with Crippen LogP contribution in [-0.4, -0.2) is 64.0 Å². The Morgan fingerprint density at radius 3 is 2.52 bits per heavy atom. The van der Waals surface area contributed by atoms with Crippen LogP contribution in [0.4, 0.5) is 24.8 Å². The number of alkyl halides is 3. The maximum atomic E-state index is 13.1. The second kappa shape index (κ2) is 10.5. The number of halogens is 3. The van der Waals surface area contributed by atoms with Crippen molar-refractivity contribution in [2.75, 3.05) is 29.9 Å². The molecule has 0 radical (unpaired) electrons. The van der Waals surface area contributed by atoms with Crippen LogP contribution >= 0.6 is 10.6 Å². The number of pyridine rings is 1. The highest BCUT2D eigenvalue weighted by Crippen LogP contribution is 2.57. The van der Waals surface area contributed by atoms with E-state index in [1.165, 1.54) is 23.2 Å². The molecule has 3 aromatic heterocycles. The highest BCUT2D eigenvalue weighted by molar-refractivity contribution is 8.24. The fraction of sp³-hybridized carbons (Fsp3) is 0.286. The summed E-state index contributed by atoms with van der Waals surface area (Å²) in [6.45, 7) is 0.0363.